The van der Waals surface area contributed by atoms with Crippen molar-refractivity contribution in [2.45, 2.75) is 99.3 Å². The summed E-state index contributed by atoms with van der Waals surface area (Å²) in [5.41, 5.74) is 11.5. The van der Waals surface area contributed by atoms with E-state index in [1.165, 1.54) is 4.90 Å². The number of hydrogen-bond donors (Lipinski definition) is 3. The Morgan fingerprint density at radius 3 is 2.23 bits per heavy atom. The molecular formula is C38H64N4O10. The van der Waals surface area contributed by atoms with Gasteiger partial charge in [-0.3, -0.25) is 19.3 Å². The zero-order valence-corrected chi connectivity index (χ0v) is 32.9. The van der Waals surface area contributed by atoms with Crippen molar-refractivity contribution in [3.63, 3.8) is 0 Å². The molecule has 1 unspecified atom stereocenters. The van der Waals surface area contributed by atoms with Crippen molar-refractivity contribution in [1.29, 1.82) is 0 Å². The first-order chi connectivity index (χ1) is 24.4. The van der Waals surface area contributed by atoms with Crippen LogP contribution >= 0.6 is 0 Å². The van der Waals surface area contributed by atoms with Gasteiger partial charge < -0.3 is 45.2 Å². The number of nitrogens with one attached hydrogen (secondary N) is 1. The Bertz CT molecular complexity index is 1300. The molecule has 1 saturated heterocycles. The fourth-order valence-electron chi connectivity index (χ4n) is 5.87. The number of nitrogens with zero attached hydrogens (tertiary/aromatic N) is 1. The highest BCUT2D eigenvalue weighted by Gasteiger charge is 2.43. The molecule has 0 radical (unpaired) electrons. The Morgan fingerprint density at radius 2 is 1.65 bits per heavy atom. The minimum atomic E-state index is -0.923. The lowest BCUT2D eigenvalue weighted by molar-refractivity contribution is -0.155. The Labute approximate surface area is 309 Å². The second kappa shape index (κ2) is 21.2. The number of primary amides is 1. The number of esters is 1. The van der Waals surface area contributed by atoms with Crippen molar-refractivity contribution in [3.05, 3.63) is 23.8 Å². The van der Waals surface area contributed by atoms with Gasteiger partial charge in [0.05, 0.1) is 31.3 Å². The van der Waals surface area contributed by atoms with E-state index in [1.54, 1.807) is 41.9 Å². The number of benzene rings is 1. The predicted octanol–water partition coefficient (Wildman–Crippen LogP) is 4.25. The molecule has 2 rings (SSSR count). The highest BCUT2D eigenvalue weighted by atomic mass is 16.7. The second-order valence-electron chi connectivity index (χ2n) is 15.3. The smallest absolute Gasteiger partial charge is 0.414 e. The number of hydrogen-bond acceptors (Lipinski definition) is 11. The first-order valence-corrected chi connectivity index (χ1v) is 18.3. The third-order valence-corrected chi connectivity index (χ3v) is 9.83. The standard InChI is InChI=1S/C38H64N4O10/c1-23(2)27(16-26-12-13-30(48-10)32(17-26)49-15-11-14-47-9)18-29-31(19-28(24(3)4)34(43)41-20-38(7,8)36(40)45)50-21-42(29)37(46)52-22-51-35(44)33(39)25(5)6/h12-13,17,23-25,27-29,31,33H,11,14-16,18-22,39H2,1-10H3,(H2,40,45)(H,41,43)/t27-,28-,29-,31-,33?/m0/s1. The van der Waals surface area contributed by atoms with Crippen molar-refractivity contribution < 1.29 is 47.6 Å². The largest absolute Gasteiger partial charge is 0.493 e. The van der Waals surface area contributed by atoms with Crippen LogP contribution in [0.2, 0.25) is 0 Å². The van der Waals surface area contributed by atoms with Gasteiger partial charge in [0.1, 0.15) is 12.8 Å². The predicted molar refractivity (Wildman–Crippen MR) is 196 cm³/mol. The summed E-state index contributed by atoms with van der Waals surface area (Å²) >= 11 is 0. The molecule has 1 aromatic rings. The van der Waals surface area contributed by atoms with Crippen molar-refractivity contribution in [2.24, 2.45) is 46.5 Å². The maximum absolute atomic E-state index is 13.5. The Morgan fingerprint density at radius 1 is 0.962 bits per heavy atom. The highest BCUT2D eigenvalue weighted by Crippen LogP contribution is 2.36. The van der Waals surface area contributed by atoms with E-state index in [2.05, 4.69) is 19.2 Å². The first-order valence-electron chi connectivity index (χ1n) is 18.3. The van der Waals surface area contributed by atoms with Gasteiger partial charge in [0.15, 0.2) is 11.5 Å². The Balaban J connectivity index is 2.35. The fourth-order valence-corrected chi connectivity index (χ4v) is 5.87. The molecule has 1 aliphatic rings. The number of methoxy groups -OCH3 is 2. The normalized spacial score (nSPS) is 17.9. The van der Waals surface area contributed by atoms with E-state index in [9.17, 15) is 19.2 Å². The summed E-state index contributed by atoms with van der Waals surface area (Å²) in [6, 6.07) is 4.57. The molecule has 5 atom stereocenters. The van der Waals surface area contributed by atoms with E-state index in [4.69, 9.17) is 39.9 Å². The summed E-state index contributed by atoms with van der Waals surface area (Å²) in [5.74, 6) is -0.563. The van der Waals surface area contributed by atoms with Crippen LogP contribution < -0.4 is 26.3 Å². The Kier molecular flexibility index (Phi) is 18.1. The van der Waals surface area contributed by atoms with Crippen LogP contribution in [0.3, 0.4) is 0 Å². The molecule has 296 valence electrons. The molecule has 0 bridgehead atoms. The molecule has 1 fully saturated rings. The topological polar surface area (TPSA) is 191 Å². The van der Waals surface area contributed by atoms with E-state index in [0.717, 1.165) is 12.0 Å². The van der Waals surface area contributed by atoms with Crippen LogP contribution in [0.1, 0.15) is 80.2 Å². The SMILES string of the molecule is COCCCOc1cc(C[C@@H](C[C@H]2[C@H](C[C@H](C(=O)NCC(C)(C)C(N)=O)C(C)C)OCN2C(=O)OCOC(=O)C(N)C(C)C)C(C)C)ccc1OC. The van der Waals surface area contributed by atoms with Gasteiger partial charge in [0, 0.05) is 32.6 Å². The summed E-state index contributed by atoms with van der Waals surface area (Å²) in [4.78, 5) is 52.7. The van der Waals surface area contributed by atoms with Crippen molar-refractivity contribution in [3.8, 4) is 11.5 Å². The number of carbonyl (C=O) groups excluding carboxylic acids is 4. The summed E-state index contributed by atoms with van der Waals surface area (Å²) in [7, 11) is 3.25. The highest BCUT2D eigenvalue weighted by molar-refractivity contribution is 5.83. The maximum atomic E-state index is 13.5. The van der Waals surface area contributed by atoms with Crippen LogP contribution in [0.5, 0.6) is 11.5 Å². The van der Waals surface area contributed by atoms with Gasteiger partial charge in [-0.1, -0.05) is 47.6 Å². The van der Waals surface area contributed by atoms with Crippen LogP contribution in [0.4, 0.5) is 4.79 Å². The molecule has 1 aliphatic heterocycles. The molecule has 14 heteroatoms. The van der Waals surface area contributed by atoms with Crippen LogP contribution in [0.25, 0.3) is 0 Å². The molecule has 1 aromatic carbocycles. The van der Waals surface area contributed by atoms with Crippen LogP contribution in [-0.2, 0) is 39.8 Å². The fraction of sp³-hybridized carbons (Fsp3) is 0.737. The lowest BCUT2D eigenvalue weighted by Gasteiger charge is -2.33. The van der Waals surface area contributed by atoms with E-state index >= 15 is 0 Å². The van der Waals surface area contributed by atoms with E-state index in [0.29, 0.717) is 44.0 Å². The molecule has 1 heterocycles. The lowest BCUT2D eigenvalue weighted by atomic mass is 9.80. The zero-order chi connectivity index (χ0) is 39.2. The molecular weight excluding hydrogens is 672 g/mol. The molecule has 0 aromatic heterocycles. The molecule has 0 aliphatic carbocycles. The molecule has 0 spiro atoms. The van der Waals surface area contributed by atoms with Gasteiger partial charge in [-0.15, -0.1) is 0 Å². The third kappa shape index (κ3) is 13.4. The third-order valence-electron chi connectivity index (χ3n) is 9.83. The summed E-state index contributed by atoms with van der Waals surface area (Å²) in [6.07, 6.45) is 1.04. The van der Waals surface area contributed by atoms with Gasteiger partial charge in [-0.2, -0.15) is 0 Å². The van der Waals surface area contributed by atoms with Gasteiger partial charge in [0.25, 0.3) is 0 Å². The van der Waals surface area contributed by atoms with E-state index in [-0.39, 0.29) is 42.9 Å². The molecule has 3 amide bonds. The first kappa shape index (κ1) is 44.5. The average Bonchev–Trinajstić information content (AvgIpc) is 3.48. The molecule has 5 N–H and O–H groups in total. The zero-order valence-electron chi connectivity index (χ0n) is 32.9. The number of nitrogens with two attached hydrogens (primary N) is 2. The van der Waals surface area contributed by atoms with E-state index < -0.39 is 54.3 Å². The molecule has 0 saturated carbocycles. The van der Waals surface area contributed by atoms with Gasteiger partial charge in [-0.25, -0.2) is 4.79 Å². The van der Waals surface area contributed by atoms with Gasteiger partial charge in [0.2, 0.25) is 18.6 Å². The van der Waals surface area contributed by atoms with Gasteiger partial charge >= 0.3 is 12.1 Å². The number of rotatable bonds is 22. The molecule has 52 heavy (non-hydrogen) atoms. The second-order valence-corrected chi connectivity index (χ2v) is 15.3. The number of carbonyl (C=O) groups is 4. The molecule has 14 nitrogen and oxygen atoms in total. The monoisotopic (exact) mass is 736 g/mol. The minimum absolute atomic E-state index is 0.0679. The van der Waals surface area contributed by atoms with Crippen molar-refractivity contribution in [1.82, 2.24) is 10.2 Å². The number of ether oxygens (including phenoxy) is 6. The quantitative estimate of drug-likeness (QED) is 0.0876. The van der Waals surface area contributed by atoms with Crippen LogP contribution in [0, 0.1) is 35.0 Å². The van der Waals surface area contributed by atoms with Crippen LogP contribution in [0.15, 0.2) is 18.2 Å². The van der Waals surface area contributed by atoms with E-state index in [1.807, 2.05) is 32.0 Å². The van der Waals surface area contributed by atoms with Crippen LogP contribution in [-0.4, -0.2) is 94.5 Å². The van der Waals surface area contributed by atoms with Gasteiger partial charge in [-0.05, 0) is 74.5 Å². The summed E-state index contributed by atoms with van der Waals surface area (Å²) in [6.45, 7) is 15.6. The lowest BCUT2D eigenvalue weighted by Crippen LogP contribution is -2.47. The van der Waals surface area contributed by atoms with Crippen molar-refractivity contribution in [2.75, 3.05) is 47.5 Å². The minimum Gasteiger partial charge on any atom is -0.493 e. The number of amides is 3. The summed E-state index contributed by atoms with van der Waals surface area (Å²) in [5, 5.41) is 2.90. The average molecular weight is 737 g/mol. The summed E-state index contributed by atoms with van der Waals surface area (Å²) < 4.78 is 33.5. The Hall–Kier alpha value is -3.62. The van der Waals surface area contributed by atoms with Crippen molar-refractivity contribution >= 4 is 23.9 Å². The maximum Gasteiger partial charge on any atom is 0.414 e.